The Balaban J connectivity index is 2.47. The van der Waals surface area contributed by atoms with E-state index in [0.717, 1.165) is 18.1 Å². The first-order valence-electron chi connectivity index (χ1n) is 5.11. The molecule has 0 aromatic rings. The second-order valence-electron chi connectivity index (χ2n) is 3.74. The quantitative estimate of drug-likeness (QED) is 0.760. The van der Waals surface area contributed by atoms with Crippen LogP contribution in [0.5, 0.6) is 0 Å². The summed E-state index contributed by atoms with van der Waals surface area (Å²) in [7, 11) is 1.77. The van der Waals surface area contributed by atoms with E-state index >= 15 is 0 Å². The summed E-state index contributed by atoms with van der Waals surface area (Å²) in [5.41, 5.74) is 0. The lowest BCUT2D eigenvalue weighted by Gasteiger charge is -2.30. The van der Waals surface area contributed by atoms with E-state index in [9.17, 15) is 4.79 Å². The van der Waals surface area contributed by atoms with Crippen molar-refractivity contribution in [3.05, 3.63) is 0 Å². The molecule has 4 nitrogen and oxygen atoms in total. The molecule has 1 amide bonds. The van der Waals surface area contributed by atoms with E-state index in [0.29, 0.717) is 6.42 Å². The van der Waals surface area contributed by atoms with Crippen molar-refractivity contribution in [3.63, 3.8) is 0 Å². The van der Waals surface area contributed by atoms with Gasteiger partial charge in [-0.15, -0.1) is 0 Å². The molecule has 0 saturated carbocycles. The summed E-state index contributed by atoms with van der Waals surface area (Å²) < 4.78 is 0. The molecule has 1 N–H and O–H groups in total. The Morgan fingerprint density at radius 2 is 2.53 bits per heavy atom. The number of rotatable bonds is 3. The monoisotopic (exact) mass is 227 g/mol. The third kappa shape index (κ3) is 3.40. The van der Waals surface area contributed by atoms with Crippen LogP contribution in [0, 0.1) is 11.3 Å². The highest BCUT2D eigenvalue weighted by Gasteiger charge is 2.26. The number of nitrogens with one attached hydrogen (secondary N) is 1. The Morgan fingerprint density at radius 3 is 3.07 bits per heavy atom. The zero-order valence-corrected chi connectivity index (χ0v) is 10.0. The van der Waals surface area contributed by atoms with Gasteiger partial charge in [0.15, 0.2) is 0 Å². The molecule has 1 aliphatic rings. The Bertz CT molecular complexity index is 258. The van der Waals surface area contributed by atoms with Crippen LogP contribution < -0.4 is 5.32 Å². The van der Waals surface area contributed by atoms with Crippen LogP contribution in [-0.4, -0.2) is 48.0 Å². The van der Waals surface area contributed by atoms with Gasteiger partial charge in [0.1, 0.15) is 0 Å². The van der Waals surface area contributed by atoms with Crippen molar-refractivity contribution in [1.29, 1.82) is 5.26 Å². The number of hydrogen-bond acceptors (Lipinski definition) is 4. The van der Waals surface area contributed by atoms with Crippen LogP contribution in [-0.2, 0) is 4.79 Å². The number of carbonyl (C=O) groups is 1. The molecule has 1 heterocycles. The summed E-state index contributed by atoms with van der Waals surface area (Å²) in [6.45, 7) is 2.79. The summed E-state index contributed by atoms with van der Waals surface area (Å²) in [6.07, 6.45) is 0.391. The van der Waals surface area contributed by atoms with Gasteiger partial charge in [0.25, 0.3) is 0 Å². The third-order valence-corrected chi connectivity index (χ3v) is 3.68. The highest BCUT2D eigenvalue weighted by Crippen LogP contribution is 2.11. The van der Waals surface area contributed by atoms with Gasteiger partial charge in [0, 0.05) is 31.1 Å². The van der Waals surface area contributed by atoms with Gasteiger partial charge in [0.2, 0.25) is 5.91 Å². The Kier molecular flexibility index (Phi) is 4.92. The van der Waals surface area contributed by atoms with Crippen LogP contribution in [0.4, 0.5) is 0 Å². The average molecular weight is 227 g/mol. The second kappa shape index (κ2) is 5.99. The van der Waals surface area contributed by atoms with Crippen molar-refractivity contribution in [2.75, 3.05) is 25.1 Å². The molecule has 0 radical (unpaired) electrons. The van der Waals surface area contributed by atoms with Crippen LogP contribution in [0.2, 0.25) is 0 Å². The summed E-state index contributed by atoms with van der Waals surface area (Å²) in [4.78, 5) is 13.6. The van der Waals surface area contributed by atoms with Gasteiger partial charge in [-0.1, -0.05) is 0 Å². The molecule has 1 rings (SSSR count). The van der Waals surface area contributed by atoms with Crippen molar-refractivity contribution < 1.29 is 4.79 Å². The van der Waals surface area contributed by atoms with E-state index in [2.05, 4.69) is 11.4 Å². The standard InChI is InChI=1S/C10H17N3OS/c1-8(3-4-11)13(2)10(14)9-7-15-6-5-12-9/h8-9,12H,3,5-7H2,1-2H3. The van der Waals surface area contributed by atoms with Crippen molar-refractivity contribution in [2.45, 2.75) is 25.4 Å². The van der Waals surface area contributed by atoms with Crippen molar-refractivity contribution >= 4 is 17.7 Å². The maximum absolute atomic E-state index is 12.0. The first-order valence-corrected chi connectivity index (χ1v) is 6.27. The van der Waals surface area contributed by atoms with Crippen LogP contribution in [0.25, 0.3) is 0 Å². The first kappa shape index (κ1) is 12.3. The fraction of sp³-hybridized carbons (Fsp3) is 0.800. The van der Waals surface area contributed by atoms with Crippen LogP contribution in [0.3, 0.4) is 0 Å². The fourth-order valence-corrected chi connectivity index (χ4v) is 2.38. The van der Waals surface area contributed by atoms with Gasteiger partial charge in [-0.05, 0) is 6.92 Å². The lowest BCUT2D eigenvalue weighted by atomic mass is 10.2. The molecule has 1 aliphatic heterocycles. The minimum atomic E-state index is -0.0742. The number of likely N-dealkylation sites (N-methyl/N-ethyl adjacent to an activating group) is 1. The molecule has 15 heavy (non-hydrogen) atoms. The molecule has 0 aromatic heterocycles. The normalized spacial score (nSPS) is 22.9. The molecule has 5 heteroatoms. The highest BCUT2D eigenvalue weighted by molar-refractivity contribution is 7.99. The number of amides is 1. The zero-order valence-electron chi connectivity index (χ0n) is 9.19. The topological polar surface area (TPSA) is 56.1 Å². The number of thioether (sulfide) groups is 1. The molecule has 84 valence electrons. The minimum absolute atomic E-state index is 0.00349. The predicted octanol–water partition coefficient (Wildman–Crippen LogP) is 0.452. The van der Waals surface area contributed by atoms with E-state index in [4.69, 9.17) is 5.26 Å². The lowest BCUT2D eigenvalue weighted by Crippen LogP contribution is -2.51. The summed E-state index contributed by atoms with van der Waals surface area (Å²) in [5, 5.41) is 11.8. The van der Waals surface area contributed by atoms with Gasteiger partial charge in [-0.2, -0.15) is 17.0 Å². The molecule has 0 bridgehead atoms. The molecule has 2 atom stereocenters. The van der Waals surface area contributed by atoms with Crippen LogP contribution in [0.1, 0.15) is 13.3 Å². The van der Waals surface area contributed by atoms with Gasteiger partial charge in [-0.3, -0.25) is 4.79 Å². The molecule has 0 aliphatic carbocycles. The maximum Gasteiger partial charge on any atom is 0.240 e. The van der Waals surface area contributed by atoms with Crippen molar-refractivity contribution in [2.24, 2.45) is 0 Å². The molecule has 0 aromatic carbocycles. The van der Waals surface area contributed by atoms with Crippen LogP contribution >= 0.6 is 11.8 Å². The van der Waals surface area contributed by atoms with Crippen molar-refractivity contribution in [3.8, 4) is 6.07 Å². The Labute approximate surface area is 95.0 Å². The average Bonchev–Trinajstić information content (AvgIpc) is 2.28. The SMILES string of the molecule is CC(CC#N)N(C)C(=O)C1CSCCN1. The fourth-order valence-electron chi connectivity index (χ4n) is 1.46. The zero-order chi connectivity index (χ0) is 11.3. The van der Waals surface area contributed by atoms with Gasteiger partial charge < -0.3 is 10.2 Å². The predicted molar refractivity (Wildman–Crippen MR) is 61.6 cm³/mol. The van der Waals surface area contributed by atoms with E-state index < -0.39 is 0 Å². The largest absolute Gasteiger partial charge is 0.341 e. The number of nitrogens with zero attached hydrogens (tertiary/aromatic N) is 2. The molecular weight excluding hydrogens is 210 g/mol. The molecule has 0 spiro atoms. The third-order valence-electron chi connectivity index (χ3n) is 2.62. The molecule has 1 fully saturated rings. The second-order valence-corrected chi connectivity index (χ2v) is 4.89. The molecule has 1 saturated heterocycles. The Hall–Kier alpha value is -0.730. The summed E-state index contributed by atoms with van der Waals surface area (Å²) >= 11 is 1.80. The van der Waals surface area contributed by atoms with Gasteiger partial charge in [0.05, 0.1) is 18.5 Å². The minimum Gasteiger partial charge on any atom is -0.341 e. The highest BCUT2D eigenvalue weighted by atomic mass is 32.2. The number of nitriles is 1. The van der Waals surface area contributed by atoms with Gasteiger partial charge in [-0.25, -0.2) is 0 Å². The lowest BCUT2D eigenvalue weighted by molar-refractivity contribution is -0.133. The van der Waals surface area contributed by atoms with E-state index in [1.54, 1.807) is 23.7 Å². The van der Waals surface area contributed by atoms with E-state index in [-0.39, 0.29) is 18.0 Å². The smallest absolute Gasteiger partial charge is 0.240 e. The van der Waals surface area contributed by atoms with Crippen molar-refractivity contribution in [1.82, 2.24) is 10.2 Å². The van der Waals surface area contributed by atoms with E-state index in [1.807, 2.05) is 6.92 Å². The molecule has 2 unspecified atom stereocenters. The molecular formula is C10H17N3OS. The summed E-state index contributed by atoms with van der Waals surface area (Å²) in [5.74, 6) is 2.01. The van der Waals surface area contributed by atoms with Crippen LogP contribution in [0.15, 0.2) is 0 Å². The number of carbonyl (C=O) groups excluding carboxylic acids is 1. The van der Waals surface area contributed by atoms with Gasteiger partial charge >= 0.3 is 0 Å². The van der Waals surface area contributed by atoms with E-state index in [1.165, 1.54) is 0 Å². The Morgan fingerprint density at radius 1 is 1.80 bits per heavy atom. The maximum atomic E-state index is 12.0. The number of hydrogen-bond donors (Lipinski definition) is 1. The first-order chi connectivity index (χ1) is 7.16. The summed E-state index contributed by atoms with van der Waals surface area (Å²) in [6, 6.07) is 2.01.